The number of carbonyl (C=O) groups excluding carboxylic acids is 2. The molecule has 0 spiro atoms. The molecule has 0 bridgehead atoms. The molecule has 3 aromatic carbocycles. The Labute approximate surface area is 180 Å². The van der Waals surface area contributed by atoms with E-state index in [9.17, 15) is 19.7 Å². The van der Waals surface area contributed by atoms with Crippen LogP contribution in [0.5, 0.6) is 0 Å². The van der Waals surface area contributed by atoms with E-state index >= 15 is 0 Å². The average Bonchev–Trinajstić information content (AvgIpc) is 2.77. The lowest BCUT2D eigenvalue weighted by atomic mass is 10.0. The first-order valence-electron chi connectivity index (χ1n) is 9.82. The van der Waals surface area contributed by atoms with Gasteiger partial charge in [-0.1, -0.05) is 42.5 Å². The maximum Gasteiger partial charge on any atom is 0.269 e. The zero-order valence-corrected chi connectivity index (χ0v) is 17.3. The highest BCUT2D eigenvalue weighted by Gasteiger charge is 2.24. The molecule has 0 aromatic heterocycles. The number of hydrogen-bond acceptors (Lipinski definition) is 4. The lowest BCUT2D eigenvalue weighted by Gasteiger charge is -2.30. The normalized spacial score (nSPS) is 11.4. The summed E-state index contributed by atoms with van der Waals surface area (Å²) in [5, 5.41) is 13.7. The summed E-state index contributed by atoms with van der Waals surface area (Å²) in [6.07, 6.45) is 0. The number of nitrogens with zero attached hydrogens (tertiary/aromatic N) is 2. The number of non-ortho nitro benzene ring substituents is 1. The minimum atomic E-state index is -0.494. The molecule has 2 amide bonds. The lowest BCUT2D eigenvalue weighted by Crippen LogP contribution is -2.33. The largest absolute Gasteiger partial charge is 0.328 e. The summed E-state index contributed by atoms with van der Waals surface area (Å²) in [5.74, 6) is -0.413. The van der Waals surface area contributed by atoms with Crippen molar-refractivity contribution in [1.82, 2.24) is 4.90 Å². The maximum atomic E-state index is 13.4. The minimum Gasteiger partial charge on any atom is -0.328 e. The van der Waals surface area contributed by atoms with Gasteiger partial charge in [0.25, 0.3) is 11.6 Å². The number of hydrogen-bond donors (Lipinski definition) is 1. The Morgan fingerprint density at radius 1 is 1.00 bits per heavy atom. The van der Waals surface area contributed by atoms with E-state index in [4.69, 9.17) is 0 Å². The monoisotopic (exact) mass is 417 g/mol. The second-order valence-corrected chi connectivity index (χ2v) is 7.21. The molecule has 0 fully saturated rings. The minimum absolute atomic E-state index is 0.0674. The fraction of sp³-hybridized carbons (Fsp3) is 0.167. The summed E-state index contributed by atoms with van der Waals surface area (Å²) in [5.41, 5.74) is 2.77. The quantitative estimate of drug-likeness (QED) is 0.434. The summed E-state index contributed by atoms with van der Waals surface area (Å²) < 4.78 is 0. The molecule has 1 N–H and O–H groups in total. The topological polar surface area (TPSA) is 92.6 Å². The molecule has 0 heterocycles. The van der Waals surface area contributed by atoms with Crippen molar-refractivity contribution < 1.29 is 14.5 Å². The Kier molecular flexibility index (Phi) is 6.77. The Hall–Kier alpha value is -4.00. The van der Waals surface area contributed by atoms with Gasteiger partial charge in [0.05, 0.1) is 11.0 Å². The molecule has 7 heteroatoms. The van der Waals surface area contributed by atoms with Gasteiger partial charge < -0.3 is 10.2 Å². The highest BCUT2D eigenvalue weighted by molar-refractivity contribution is 5.94. The van der Waals surface area contributed by atoms with Crippen LogP contribution in [0.15, 0.2) is 78.9 Å². The van der Waals surface area contributed by atoms with Crippen LogP contribution < -0.4 is 5.32 Å². The highest BCUT2D eigenvalue weighted by Crippen LogP contribution is 2.27. The van der Waals surface area contributed by atoms with Gasteiger partial charge in [0.2, 0.25) is 5.91 Å². The van der Waals surface area contributed by atoms with Crippen LogP contribution in [0.3, 0.4) is 0 Å². The molecule has 0 radical (unpaired) electrons. The second-order valence-electron chi connectivity index (χ2n) is 7.21. The third-order valence-corrected chi connectivity index (χ3v) is 4.94. The van der Waals surface area contributed by atoms with Crippen molar-refractivity contribution in [2.24, 2.45) is 0 Å². The molecule has 3 aromatic rings. The molecule has 158 valence electrons. The fourth-order valence-electron chi connectivity index (χ4n) is 3.32. The Morgan fingerprint density at radius 3 is 2.29 bits per heavy atom. The van der Waals surface area contributed by atoms with Gasteiger partial charge in [0, 0.05) is 36.9 Å². The molecule has 3 rings (SSSR count). The third kappa shape index (κ3) is 5.54. The number of carbonyl (C=O) groups is 2. The first-order chi connectivity index (χ1) is 14.8. The Bertz CT molecular complexity index is 1080. The van der Waals surface area contributed by atoms with Crippen LogP contribution in [0.1, 0.15) is 41.4 Å². The molecule has 7 nitrogen and oxygen atoms in total. The van der Waals surface area contributed by atoms with Crippen molar-refractivity contribution in [3.63, 3.8) is 0 Å². The van der Waals surface area contributed by atoms with Crippen LogP contribution in [-0.4, -0.2) is 21.6 Å². The first kappa shape index (κ1) is 21.7. The van der Waals surface area contributed by atoms with Crippen molar-refractivity contribution in [2.45, 2.75) is 26.4 Å². The van der Waals surface area contributed by atoms with Crippen molar-refractivity contribution in [1.29, 1.82) is 0 Å². The second kappa shape index (κ2) is 9.67. The average molecular weight is 417 g/mol. The van der Waals surface area contributed by atoms with E-state index < -0.39 is 4.92 Å². The molecular weight excluding hydrogens is 394 g/mol. The molecule has 0 aliphatic rings. The van der Waals surface area contributed by atoms with Crippen LogP contribution in [0.2, 0.25) is 0 Å². The zero-order valence-electron chi connectivity index (χ0n) is 17.3. The van der Waals surface area contributed by atoms with Gasteiger partial charge in [-0.2, -0.15) is 0 Å². The van der Waals surface area contributed by atoms with Crippen molar-refractivity contribution >= 4 is 23.2 Å². The number of rotatable bonds is 7. The van der Waals surface area contributed by atoms with E-state index in [0.717, 1.165) is 11.1 Å². The zero-order chi connectivity index (χ0) is 22.4. The number of nitro benzene ring substituents is 1. The molecule has 0 aliphatic heterocycles. The summed E-state index contributed by atoms with van der Waals surface area (Å²) in [6.45, 7) is 3.72. The van der Waals surface area contributed by atoms with Crippen LogP contribution >= 0.6 is 0 Å². The number of nitro groups is 1. The van der Waals surface area contributed by atoms with Crippen molar-refractivity contribution in [3.05, 3.63) is 106 Å². The Morgan fingerprint density at radius 2 is 1.68 bits per heavy atom. The molecule has 1 unspecified atom stereocenters. The van der Waals surface area contributed by atoms with Gasteiger partial charge in [0.15, 0.2) is 0 Å². The van der Waals surface area contributed by atoms with Crippen molar-refractivity contribution in [3.8, 4) is 0 Å². The molecule has 1 atom stereocenters. The predicted molar refractivity (Wildman–Crippen MR) is 119 cm³/mol. The standard InChI is InChI=1S/C24H23N3O4/c1-17(21-9-6-10-22(15-21)25-18(2)28)26(16-19-7-4-3-5-8-19)24(29)20-11-13-23(14-12-20)27(30)31/h3-15,17H,16H2,1-2H3,(H,25,28). The van der Waals surface area contributed by atoms with Crippen LogP contribution in [0.25, 0.3) is 0 Å². The first-order valence-corrected chi connectivity index (χ1v) is 9.82. The third-order valence-electron chi connectivity index (χ3n) is 4.94. The SMILES string of the molecule is CC(=O)Nc1cccc(C(C)N(Cc2ccccc2)C(=O)c2ccc([N+](=O)[O-])cc2)c1. The molecule has 0 saturated carbocycles. The lowest BCUT2D eigenvalue weighted by molar-refractivity contribution is -0.384. The van der Waals surface area contributed by atoms with E-state index in [0.29, 0.717) is 17.8 Å². The van der Waals surface area contributed by atoms with Gasteiger partial charge in [-0.05, 0) is 42.3 Å². The van der Waals surface area contributed by atoms with Crippen LogP contribution in [0.4, 0.5) is 11.4 Å². The van der Waals surface area contributed by atoms with Crippen LogP contribution in [0, 0.1) is 10.1 Å². The fourth-order valence-corrected chi connectivity index (χ4v) is 3.32. The van der Waals surface area contributed by atoms with Gasteiger partial charge in [0.1, 0.15) is 0 Å². The smallest absolute Gasteiger partial charge is 0.269 e. The molecule has 0 saturated heterocycles. The van der Waals surface area contributed by atoms with Crippen LogP contribution in [-0.2, 0) is 11.3 Å². The molecular formula is C24H23N3O4. The number of benzene rings is 3. The van der Waals surface area contributed by atoms with Gasteiger partial charge in [-0.15, -0.1) is 0 Å². The molecule has 31 heavy (non-hydrogen) atoms. The Balaban J connectivity index is 1.94. The van der Waals surface area contributed by atoms with E-state index in [1.807, 2.05) is 55.5 Å². The summed E-state index contributed by atoms with van der Waals surface area (Å²) in [7, 11) is 0. The maximum absolute atomic E-state index is 13.4. The van der Waals surface area contributed by atoms with E-state index in [1.54, 1.807) is 11.0 Å². The highest BCUT2D eigenvalue weighted by atomic mass is 16.6. The predicted octanol–water partition coefficient (Wildman–Crippen LogP) is 4.96. The number of nitrogens with one attached hydrogen (secondary N) is 1. The summed E-state index contributed by atoms with van der Waals surface area (Å²) in [4.78, 5) is 37.0. The van der Waals surface area contributed by atoms with Gasteiger partial charge in [-0.25, -0.2) is 0 Å². The molecule has 0 aliphatic carbocycles. The van der Waals surface area contributed by atoms with E-state index in [1.165, 1.54) is 31.2 Å². The summed E-state index contributed by atoms with van der Waals surface area (Å²) >= 11 is 0. The van der Waals surface area contributed by atoms with Gasteiger partial charge in [-0.3, -0.25) is 19.7 Å². The summed E-state index contributed by atoms with van der Waals surface area (Å²) in [6, 6.07) is 22.3. The van der Waals surface area contributed by atoms with E-state index in [2.05, 4.69) is 5.32 Å². The van der Waals surface area contributed by atoms with Gasteiger partial charge >= 0.3 is 0 Å². The van der Waals surface area contributed by atoms with Crippen molar-refractivity contribution in [2.75, 3.05) is 5.32 Å². The van der Waals surface area contributed by atoms with E-state index in [-0.39, 0.29) is 23.5 Å². The number of anilines is 1. The number of amides is 2.